The van der Waals surface area contributed by atoms with E-state index in [1.165, 1.54) is 0 Å². The van der Waals surface area contributed by atoms with Crippen LogP contribution < -0.4 is 18.9 Å². The number of rotatable bonds is 5. The van der Waals surface area contributed by atoms with Crippen molar-refractivity contribution < 1.29 is 31.4 Å². The van der Waals surface area contributed by atoms with Gasteiger partial charge in [-0.1, -0.05) is 11.8 Å². The molecule has 1 aliphatic heterocycles. The van der Waals surface area contributed by atoms with Gasteiger partial charge in [0.15, 0.2) is 11.5 Å². The Labute approximate surface area is 148 Å². The van der Waals surface area contributed by atoms with Crippen molar-refractivity contribution >= 4 is 10.0 Å². The molecule has 0 radical (unpaired) electrons. The Morgan fingerprint density at radius 2 is 1.88 bits per heavy atom. The number of ether oxygens (including phenoxy) is 3. The van der Waals surface area contributed by atoms with E-state index >= 15 is 0 Å². The zero-order chi connectivity index (χ0) is 18.6. The van der Waals surface area contributed by atoms with E-state index in [2.05, 4.69) is 16.6 Å². The van der Waals surface area contributed by atoms with Crippen LogP contribution >= 0.6 is 0 Å². The summed E-state index contributed by atoms with van der Waals surface area (Å²) in [7, 11) is -4.12. The monoisotopic (exact) mass is 381 g/mol. The molecule has 0 aromatic heterocycles. The lowest BCUT2D eigenvalue weighted by Crippen LogP contribution is -2.25. The van der Waals surface area contributed by atoms with E-state index in [1.54, 1.807) is 18.2 Å². The van der Waals surface area contributed by atoms with Gasteiger partial charge in [0.2, 0.25) is 16.8 Å². The first-order valence-corrected chi connectivity index (χ1v) is 8.87. The summed E-state index contributed by atoms with van der Waals surface area (Å²) < 4.78 is 68.1. The van der Waals surface area contributed by atoms with Gasteiger partial charge in [-0.15, -0.1) is 0 Å². The summed E-state index contributed by atoms with van der Waals surface area (Å²) in [5, 5.41) is 0. The number of sulfonamides is 1. The van der Waals surface area contributed by atoms with Crippen LogP contribution in [0, 0.1) is 23.5 Å². The molecule has 26 heavy (non-hydrogen) atoms. The number of hydrogen-bond donors (Lipinski definition) is 1. The molecule has 0 amide bonds. The van der Waals surface area contributed by atoms with Gasteiger partial charge in [-0.2, -0.15) is 4.72 Å². The van der Waals surface area contributed by atoms with Crippen LogP contribution in [0.25, 0.3) is 0 Å². The van der Waals surface area contributed by atoms with Crippen molar-refractivity contribution in [2.24, 2.45) is 0 Å². The summed E-state index contributed by atoms with van der Waals surface area (Å²) in [4.78, 5) is -0.641. The van der Waals surface area contributed by atoms with E-state index in [9.17, 15) is 17.2 Å². The average molecular weight is 381 g/mol. The average Bonchev–Trinajstić information content (AvgIpc) is 3.05. The number of halogens is 2. The Hall–Kier alpha value is -2.83. The number of hydrogen-bond acceptors (Lipinski definition) is 5. The summed E-state index contributed by atoms with van der Waals surface area (Å²) in [5.41, 5.74) is 0. The van der Waals surface area contributed by atoms with E-state index in [4.69, 9.17) is 14.2 Å². The van der Waals surface area contributed by atoms with Crippen molar-refractivity contribution in [1.82, 2.24) is 4.72 Å². The van der Waals surface area contributed by atoms with Gasteiger partial charge in [0.05, 0.1) is 6.54 Å². The molecule has 0 saturated heterocycles. The van der Waals surface area contributed by atoms with Crippen molar-refractivity contribution in [3.8, 4) is 29.1 Å². The summed E-state index contributed by atoms with van der Waals surface area (Å²) in [6.07, 6.45) is 0. The smallest absolute Gasteiger partial charge is 0.244 e. The maximum Gasteiger partial charge on any atom is 0.244 e. The second kappa shape index (κ2) is 7.59. The van der Waals surface area contributed by atoms with Gasteiger partial charge < -0.3 is 14.2 Å². The molecule has 1 aliphatic rings. The third kappa shape index (κ3) is 4.22. The van der Waals surface area contributed by atoms with Crippen LogP contribution in [0.1, 0.15) is 0 Å². The van der Waals surface area contributed by atoms with Crippen molar-refractivity contribution in [3.05, 3.63) is 48.0 Å². The van der Waals surface area contributed by atoms with Gasteiger partial charge in [0.1, 0.15) is 28.9 Å². The molecule has 0 fully saturated rings. The van der Waals surface area contributed by atoms with Crippen LogP contribution in [-0.4, -0.2) is 28.4 Å². The summed E-state index contributed by atoms with van der Waals surface area (Å²) in [6.45, 7) is -0.0662. The maximum absolute atomic E-state index is 13.5. The molecule has 1 heterocycles. The predicted octanol–water partition coefficient (Wildman–Crippen LogP) is 2.05. The molecule has 9 heteroatoms. The number of nitrogens with one attached hydrogen (secondary N) is 1. The fourth-order valence-corrected chi connectivity index (χ4v) is 3.08. The molecule has 3 rings (SSSR count). The molecule has 0 aliphatic carbocycles. The first-order valence-electron chi connectivity index (χ1n) is 7.38. The lowest BCUT2D eigenvalue weighted by molar-refractivity contribution is 0.174. The molecule has 0 atom stereocenters. The molecular weight excluding hydrogens is 368 g/mol. The van der Waals surface area contributed by atoms with Crippen LogP contribution in [0.5, 0.6) is 17.2 Å². The molecule has 136 valence electrons. The Bertz CT molecular complexity index is 982. The fraction of sp³-hybridized carbons (Fsp3) is 0.176. The molecule has 0 saturated carbocycles. The largest absolute Gasteiger partial charge is 0.481 e. The third-order valence-corrected chi connectivity index (χ3v) is 4.75. The Balaban J connectivity index is 1.51. The molecule has 2 aromatic rings. The van der Waals surface area contributed by atoms with E-state index in [0.717, 1.165) is 12.1 Å². The van der Waals surface area contributed by atoms with Crippen molar-refractivity contribution in [2.45, 2.75) is 4.90 Å². The topological polar surface area (TPSA) is 73.9 Å². The van der Waals surface area contributed by atoms with Crippen molar-refractivity contribution in [3.63, 3.8) is 0 Å². The lowest BCUT2D eigenvalue weighted by atomic mass is 10.3. The molecule has 0 unspecified atom stereocenters. The van der Waals surface area contributed by atoms with Gasteiger partial charge in [0.25, 0.3) is 0 Å². The summed E-state index contributed by atoms with van der Waals surface area (Å²) >= 11 is 0. The Morgan fingerprint density at radius 1 is 1.08 bits per heavy atom. The van der Waals surface area contributed by atoms with Crippen LogP contribution in [0.2, 0.25) is 0 Å². The lowest BCUT2D eigenvalue weighted by Gasteiger charge is -2.05. The minimum Gasteiger partial charge on any atom is -0.481 e. The van der Waals surface area contributed by atoms with Gasteiger partial charge in [-0.3, -0.25) is 0 Å². The highest BCUT2D eigenvalue weighted by atomic mass is 32.2. The fourth-order valence-electron chi connectivity index (χ4n) is 2.10. The summed E-state index contributed by atoms with van der Waals surface area (Å²) in [6, 6.07) is 7.26. The molecule has 2 aromatic carbocycles. The highest BCUT2D eigenvalue weighted by Crippen LogP contribution is 2.34. The number of fused-ring (bicyclic) bond motifs is 1. The van der Waals surface area contributed by atoms with Gasteiger partial charge >= 0.3 is 0 Å². The second-order valence-corrected chi connectivity index (χ2v) is 6.79. The standard InChI is InChI=1S/C17H13F2NO5S/c18-12-3-6-17(14(19)9-12)26(21,22)20-7-1-2-8-23-13-4-5-15-16(10-13)25-11-24-15/h3-6,9-10,20H,7-8,11H2. The van der Waals surface area contributed by atoms with E-state index in [0.29, 0.717) is 23.3 Å². The van der Waals surface area contributed by atoms with Crippen LogP contribution in [0.15, 0.2) is 41.3 Å². The first kappa shape index (κ1) is 18.0. The Kier molecular flexibility index (Phi) is 5.25. The zero-order valence-corrected chi connectivity index (χ0v) is 14.1. The molecule has 6 nitrogen and oxygen atoms in total. The van der Waals surface area contributed by atoms with Gasteiger partial charge in [-0.25, -0.2) is 17.2 Å². The van der Waals surface area contributed by atoms with Crippen LogP contribution in [0.3, 0.4) is 0 Å². The normalized spacial score (nSPS) is 12.4. The van der Waals surface area contributed by atoms with Gasteiger partial charge in [0, 0.05) is 12.1 Å². The zero-order valence-electron chi connectivity index (χ0n) is 13.3. The van der Waals surface area contributed by atoms with E-state index < -0.39 is 26.6 Å². The van der Waals surface area contributed by atoms with Crippen LogP contribution in [-0.2, 0) is 10.0 Å². The summed E-state index contributed by atoms with van der Waals surface area (Å²) in [5.74, 6) is 4.87. The number of benzene rings is 2. The third-order valence-electron chi connectivity index (χ3n) is 3.31. The quantitative estimate of drug-likeness (QED) is 0.803. The molecular formula is C17H13F2NO5S. The Morgan fingerprint density at radius 3 is 2.69 bits per heavy atom. The SMILES string of the molecule is O=S(=O)(NCC#CCOc1ccc2c(c1)OCO2)c1ccc(F)cc1F. The minimum atomic E-state index is -4.12. The van der Waals surface area contributed by atoms with Crippen molar-refractivity contribution in [2.75, 3.05) is 19.9 Å². The highest BCUT2D eigenvalue weighted by Gasteiger charge is 2.18. The molecule has 0 bridgehead atoms. The maximum atomic E-state index is 13.5. The van der Waals surface area contributed by atoms with E-state index in [-0.39, 0.29) is 19.9 Å². The minimum absolute atomic E-state index is 0.0201. The second-order valence-electron chi connectivity index (χ2n) is 5.06. The van der Waals surface area contributed by atoms with E-state index in [1.807, 2.05) is 0 Å². The van der Waals surface area contributed by atoms with Gasteiger partial charge in [-0.05, 0) is 24.3 Å². The van der Waals surface area contributed by atoms with Crippen molar-refractivity contribution in [1.29, 1.82) is 0 Å². The molecule has 1 N–H and O–H groups in total. The van der Waals surface area contributed by atoms with Crippen LogP contribution in [0.4, 0.5) is 8.78 Å². The predicted molar refractivity (Wildman–Crippen MR) is 87.4 cm³/mol. The molecule has 0 spiro atoms. The first-order chi connectivity index (χ1) is 12.5. The highest BCUT2D eigenvalue weighted by molar-refractivity contribution is 7.89.